The number of nitriles is 1. The first-order valence-electron chi connectivity index (χ1n) is 8.02. The standard InChI is InChI=1S/C16H31N3/c1-4-14(5-2)12-19(6-3)11-9-15-8-7-10-16(15,18)13-17/h14-15H,4-12,18H2,1-3H3. The maximum absolute atomic E-state index is 9.25. The van der Waals surface area contributed by atoms with Gasteiger partial charge in [0.2, 0.25) is 0 Å². The van der Waals surface area contributed by atoms with Gasteiger partial charge >= 0.3 is 0 Å². The molecule has 19 heavy (non-hydrogen) atoms. The molecule has 0 saturated heterocycles. The van der Waals surface area contributed by atoms with E-state index in [0.717, 1.165) is 44.7 Å². The molecular formula is C16H31N3. The fraction of sp³-hybridized carbons (Fsp3) is 0.938. The molecule has 0 spiro atoms. The van der Waals surface area contributed by atoms with Crippen LogP contribution >= 0.6 is 0 Å². The molecule has 0 aromatic rings. The summed E-state index contributed by atoms with van der Waals surface area (Å²) in [4.78, 5) is 2.54. The Morgan fingerprint density at radius 1 is 1.37 bits per heavy atom. The van der Waals surface area contributed by atoms with E-state index in [2.05, 4.69) is 31.7 Å². The summed E-state index contributed by atoms with van der Waals surface area (Å²) in [6.07, 6.45) is 6.73. The van der Waals surface area contributed by atoms with Crippen LogP contribution in [0.1, 0.15) is 59.3 Å². The summed E-state index contributed by atoms with van der Waals surface area (Å²) in [5.41, 5.74) is 5.66. The fourth-order valence-electron chi connectivity index (χ4n) is 3.28. The lowest BCUT2D eigenvalue weighted by atomic mass is 9.87. The number of hydrogen-bond acceptors (Lipinski definition) is 3. The molecule has 0 aromatic heterocycles. The Kier molecular flexibility index (Phi) is 6.82. The lowest BCUT2D eigenvalue weighted by Crippen LogP contribution is -2.43. The van der Waals surface area contributed by atoms with Crippen molar-refractivity contribution in [3.63, 3.8) is 0 Å². The van der Waals surface area contributed by atoms with E-state index in [4.69, 9.17) is 5.73 Å². The molecule has 0 heterocycles. The van der Waals surface area contributed by atoms with Gasteiger partial charge in [-0.25, -0.2) is 0 Å². The van der Waals surface area contributed by atoms with Gasteiger partial charge in [0.05, 0.1) is 6.07 Å². The van der Waals surface area contributed by atoms with Gasteiger partial charge in [-0.1, -0.05) is 40.0 Å². The minimum absolute atomic E-state index is 0.397. The summed E-state index contributed by atoms with van der Waals surface area (Å²) in [6, 6.07) is 2.35. The number of nitrogens with zero attached hydrogens (tertiary/aromatic N) is 2. The van der Waals surface area contributed by atoms with E-state index < -0.39 is 5.54 Å². The van der Waals surface area contributed by atoms with Crippen LogP contribution in [0.2, 0.25) is 0 Å². The van der Waals surface area contributed by atoms with Gasteiger partial charge in [-0.2, -0.15) is 5.26 Å². The van der Waals surface area contributed by atoms with Crippen molar-refractivity contribution in [3.8, 4) is 6.07 Å². The highest BCUT2D eigenvalue weighted by Crippen LogP contribution is 2.35. The van der Waals surface area contributed by atoms with Crippen LogP contribution in [0.25, 0.3) is 0 Å². The van der Waals surface area contributed by atoms with E-state index in [0.29, 0.717) is 5.92 Å². The van der Waals surface area contributed by atoms with Gasteiger partial charge in [0, 0.05) is 6.54 Å². The van der Waals surface area contributed by atoms with E-state index in [1.54, 1.807) is 0 Å². The first-order chi connectivity index (χ1) is 9.09. The van der Waals surface area contributed by atoms with Crippen molar-refractivity contribution in [2.24, 2.45) is 17.6 Å². The lowest BCUT2D eigenvalue weighted by molar-refractivity contribution is 0.209. The van der Waals surface area contributed by atoms with Crippen LogP contribution in [0.15, 0.2) is 0 Å². The zero-order valence-electron chi connectivity index (χ0n) is 13.0. The Bertz CT molecular complexity index is 293. The van der Waals surface area contributed by atoms with Crippen molar-refractivity contribution >= 4 is 0 Å². The smallest absolute Gasteiger partial charge is 0.107 e. The molecule has 0 radical (unpaired) electrons. The highest BCUT2D eigenvalue weighted by atomic mass is 15.1. The van der Waals surface area contributed by atoms with E-state index in [1.165, 1.54) is 19.4 Å². The Labute approximate surface area is 119 Å². The van der Waals surface area contributed by atoms with Gasteiger partial charge < -0.3 is 10.6 Å². The molecule has 2 atom stereocenters. The van der Waals surface area contributed by atoms with Crippen LogP contribution < -0.4 is 5.73 Å². The number of nitrogens with two attached hydrogens (primary N) is 1. The van der Waals surface area contributed by atoms with Gasteiger partial charge in [0.25, 0.3) is 0 Å². The molecule has 3 nitrogen and oxygen atoms in total. The van der Waals surface area contributed by atoms with E-state index in [1.807, 2.05) is 0 Å². The van der Waals surface area contributed by atoms with Crippen LogP contribution in [-0.2, 0) is 0 Å². The fourth-order valence-corrected chi connectivity index (χ4v) is 3.28. The first-order valence-corrected chi connectivity index (χ1v) is 8.02. The quantitative estimate of drug-likeness (QED) is 0.733. The third kappa shape index (κ3) is 4.47. The Morgan fingerprint density at radius 2 is 2.05 bits per heavy atom. The third-order valence-corrected chi connectivity index (χ3v) is 4.99. The van der Waals surface area contributed by atoms with E-state index >= 15 is 0 Å². The molecule has 0 bridgehead atoms. The maximum atomic E-state index is 9.25. The summed E-state index contributed by atoms with van der Waals surface area (Å²) >= 11 is 0. The molecular weight excluding hydrogens is 234 g/mol. The van der Waals surface area contributed by atoms with Crippen LogP contribution in [-0.4, -0.2) is 30.1 Å². The van der Waals surface area contributed by atoms with Crippen molar-refractivity contribution in [2.75, 3.05) is 19.6 Å². The normalized spacial score (nSPS) is 27.1. The second-order valence-electron chi connectivity index (χ2n) is 6.11. The van der Waals surface area contributed by atoms with E-state index in [9.17, 15) is 5.26 Å². The van der Waals surface area contributed by atoms with Gasteiger partial charge in [-0.05, 0) is 44.2 Å². The Balaban J connectivity index is 2.43. The zero-order chi connectivity index (χ0) is 14.3. The van der Waals surface area contributed by atoms with Gasteiger partial charge in [-0.15, -0.1) is 0 Å². The Morgan fingerprint density at radius 3 is 2.58 bits per heavy atom. The monoisotopic (exact) mass is 265 g/mol. The van der Waals surface area contributed by atoms with Crippen molar-refractivity contribution in [1.82, 2.24) is 4.90 Å². The van der Waals surface area contributed by atoms with Crippen LogP contribution in [0.5, 0.6) is 0 Å². The summed E-state index contributed by atoms with van der Waals surface area (Å²) in [5, 5.41) is 9.25. The number of rotatable bonds is 8. The average molecular weight is 265 g/mol. The molecule has 1 fully saturated rings. The topological polar surface area (TPSA) is 53.0 Å². The number of hydrogen-bond donors (Lipinski definition) is 1. The third-order valence-electron chi connectivity index (χ3n) is 4.99. The minimum Gasteiger partial charge on any atom is -0.313 e. The Hall–Kier alpha value is -0.590. The molecule has 1 rings (SSSR count). The largest absolute Gasteiger partial charge is 0.313 e. The second kappa shape index (κ2) is 7.87. The molecule has 1 aliphatic rings. The SMILES string of the molecule is CCC(CC)CN(CC)CCC1CCCC1(N)C#N. The highest BCUT2D eigenvalue weighted by molar-refractivity contribution is 5.11. The van der Waals surface area contributed by atoms with Crippen molar-refractivity contribution in [3.05, 3.63) is 0 Å². The molecule has 0 aromatic carbocycles. The van der Waals surface area contributed by atoms with Crippen molar-refractivity contribution in [2.45, 2.75) is 64.8 Å². The van der Waals surface area contributed by atoms with Gasteiger partial charge in [0.15, 0.2) is 0 Å². The molecule has 3 heteroatoms. The predicted molar refractivity (Wildman–Crippen MR) is 80.7 cm³/mol. The summed E-state index contributed by atoms with van der Waals surface area (Å²) in [7, 11) is 0. The summed E-state index contributed by atoms with van der Waals surface area (Å²) < 4.78 is 0. The van der Waals surface area contributed by atoms with Crippen molar-refractivity contribution < 1.29 is 0 Å². The van der Waals surface area contributed by atoms with Gasteiger partial charge in [-0.3, -0.25) is 0 Å². The minimum atomic E-state index is -0.547. The molecule has 0 amide bonds. The lowest BCUT2D eigenvalue weighted by Gasteiger charge is -2.29. The highest BCUT2D eigenvalue weighted by Gasteiger charge is 2.39. The summed E-state index contributed by atoms with van der Waals surface area (Å²) in [5.74, 6) is 1.20. The first kappa shape index (κ1) is 16.5. The molecule has 1 aliphatic carbocycles. The summed E-state index contributed by atoms with van der Waals surface area (Å²) in [6.45, 7) is 10.2. The van der Waals surface area contributed by atoms with Crippen molar-refractivity contribution in [1.29, 1.82) is 5.26 Å². The molecule has 1 saturated carbocycles. The maximum Gasteiger partial charge on any atom is 0.107 e. The molecule has 2 N–H and O–H groups in total. The van der Waals surface area contributed by atoms with Crippen LogP contribution in [0, 0.1) is 23.2 Å². The molecule has 0 aliphatic heterocycles. The van der Waals surface area contributed by atoms with E-state index in [-0.39, 0.29) is 0 Å². The van der Waals surface area contributed by atoms with Crippen LogP contribution in [0.4, 0.5) is 0 Å². The van der Waals surface area contributed by atoms with Crippen LogP contribution in [0.3, 0.4) is 0 Å². The molecule has 2 unspecified atom stereocenters. The second-order valence-corrected chi connectivity index (χ2v) is 6.11. The zero-order valence-corrected chi connectivity index (χ0v) is 13.0. The predicted octanol–water partition coefficient (Wildman–Crippen LogP) is 3.16. The van der Waals surface area contributed by atoms with Gasteiger partial charge in [0.1, 0.15) is 5.54 Å². The average Bonchev–Trinajstić information content (AvgIpc) is 2.81. The molecule has 110 valence electrons.